The number of aryl methyl sites for hydroxylation is 2. The van der Waals surface area contributed by atoms with Crippen molar-refractivity contribution < 1.29 is 19.2 Å². The van der Waals surface area contributed by atoms with Crippen LogP contribution < -0.4 is 10.2 Å². The molecule has 36 heavy (non-hydrogen) atoms. The normalized spacial score (nSPS) is 19.7. The van der Waals surface area contributed by atoms with Crippen molar-refractivity contribution in [2.75, 3.05) is 18.0 Å². The third kappa shape index (κ3) is 3.86. The number of hydrogen-bond donors (Lipinski definition) is 1. The second-order valence-corrected chi connectivity index (χ2v) is 9.36. The molecule has 2 aliphatic rings. The van der Waals surface area contributed by atoms with E-state index < -0.39 is 17.5 Å². The first-order valence-electron chi connectivity index (χ1n) is 12.0. The topological polar surface area (TPSA) is 86.8 Å². The summed E-state index contributed by atoms with van der Waals surface area (Å²) in [4.78, 5) is 54.8. The Morgan fingerprint density at radius 3 is 2.25 bits per heavy atom. The highest BCUT2D eigenvalue weighted by atomic mass is 16.2. The fourth-order valence-corrected chi connectivity index (χ4v) is 4.92. The van der Waals surface area contributed by atoms with E-state index in [1.165, 1.54) is 0 Å². The van der Waals surface area contributed by atoms with Gasteiger partial charge in [0.1, 0.15) is 0 Å². The number of benzene rings is 3. The van der Waals surface area contributed by atoms with Gasteiger partial charge in [-0.25, -0.2) is 4.79 Å². The average Bonchev–Trinajstić information content (AvgIpc) is 3.43. The highest BCUT2D eigenvalue weighted by molar-refractivity contribution is 6.13. The molecule has 4 amide bonds. The standard InChI is InChI=1S/C29H27N3O4/c1-19-10-13-23(17-20(19)2)29(22-7-4-3-5-8-22)27(35)32(28(36)30-29)18-25(33)21-11-14-24(15-12-21)31-16-6-9-26(31)34/h3-5,7-8,10-15,17H,6,9,16,18H2,1-2H3,(H,30,36)/t29-/m1/s1. The van der Waals surface area contributed by atoms with Crippen LogP contribution in [-0.4, -0.2) is 41.6 Å². The molecule has 3 aromatic carbocycles. The molecule has 0 aliphatic carbocycles. The molecule has 2 saturated heterocycles. The largest absolute Gasteiger partial charge is 0.325 e. The Balaban J connectivity index is 1.44. The van der Waals surface area contributed by atoms with Gasteiger partial charge in [0.05, 0.1) is 6.54 Å². The monoisotopic (exact) mass is 481 g/mol. The molecule has 182 valence electrons. The summed E-state index contributed by atoms with van der Waals surface area (Å²) in [5, 5.41) is 2.90. The van der Waals surface area contributed by atoms with E-state index in [0.717, 1.165) is 28.1 Å². The molecular formula is C29H27N3O4. The Morgan fingerprint density at radius 2 is 1.61 bits per heavy atom. The van der Waals surface area contributed by atoms with E-state index in [1.54, 1.807) is 41.3 Å². The molecule has 2 aliphatic heterocycles. The number of nitrogens with one attached hydrogen (secondary N) is 1. The van der Waals surface area contributed by atoms with Crippen molar-refractivity contribution in [1.82, 2.24) is 10.2 Å². The number of nitrogens with zero attached hydrogens (tertiary/aromatic N) is 2. The smallest absolute Gasteiger partial charge is 0.315 e. The van der Waals surface area contributed by atoms with Crippen LogP contribution in [0.1, 0.15) is 45.5 Å². The molecular weight excluding hydrogens is 454 g/mol. The predicted molar refractivity (Wildman–Crippen MR) is 136 cm³/mol. The number of imide groups is 1. The van der Waals surface area contributed by atoms with E-state index in [1.807, 2.05) is 50.2 Å². The van der Waals surface area contributed by atoms with Gasteiger partial charge in [-0.1, -0.05) is 48.5 Å². The van der Waals surface area contributed by atoms with Gasteiger partial charge >= 0.3 is 6.03 Å². The third-order valence-corrected chi connectivity index (χ3v) is 7.13. The van der Waals surface area contributed by atoms with Crippen LogP contribution in [0.5, 0.6) is 0 Å². The summed E-state index contributed by atoms with van der Waals surface area (Å²) in [7, 11) is 0. The summed E-state index contributed by atoms with van der Waals surface area (Å²) >= 11 is 0. The number of carbonyl (C=O) groups is 4. The number of Topliss-reactive ketones (excluding diaryl/α,β-unsaturated/α-hetero) is 1. The van der Waals surface area contributed by atoms with Crippen LogP contribution in [0.15, 0.2) is 72.8 Å². The van der Waals surface area contributed by atoms with Gasteiger partial charge in [-0.15, -0.1) is 0 Å². The molecule has 2 fully saturated rings. The quantitative estimate of drug-likeness (QED) is 0.424. The van der Waals surface area contributed by atoms with Crippen molar-refractivity contribution in [2.45, 2.75) is 32.2 Å². The van der Waals surface area contributed by atoms with Crippen molar-refractivity contribution in [3.63, 3.8) is 0 Å². The molecule has 0 saturated carbocycles. The van der Waals surface area contributed by atoms with Gasteiger partial charge < -0.3 is 10.2 Å². The van der Waals surface area contributed by atoms with E-state index in [-0.39, 0.29) is 18.2 Å². The number of urea groups is 1. The van der Waals surface area contributed by atoms with Crippen molar-refractivity contribution in [3.05, 3.63) is 101 Å². The Hall–Kier alpha value is -4.26. The number of rotatable bonds is 6. The van der Waals surface area contributed by atoms with Crippen LogP contribution in [-0.2, 0) is 15.1 Å². The van der Waals surface area contributed by atoms with Gasteiger partial charge in [0.2, 0.25) is 5.91 Å². The average molecular weight is 482 g/mol. The molecule has 0 spiro atoms. The van der Waals surface area contributed by atoms with E-state index in [2.05, 4.69) is 5.32 Å². The van der Waals surface area contributed by atoms with Gasteiger partial charge in [0, 0.05) is 24.2 Å². The number of anilines is 1. The Labute approximate surface area is 209 Å². The molecule has 1 atom stereocenters. The third-order valence-electron chi connectivity index (χ3n) is 7.13. The summed E-state index contributed by atoms with van der Waals surface area (Å²) in [6.07, 6.45) is 1.34. The van der Waals surface area contributed by atoms with Crippen molar-refractivity contribution in [2.24, 2.45) is 0 Å². The minimum Gasteiger partial charge on any atom is -0.315 e. The molecule has 7 heteroatoms. The molecule has 0 radical (unpaired) electrons. The molecule has 0 aromatic heterocycles. The maximum absolute atomic E-state index is 13.9. The van der Waals surface area contributed by atoms with Gasteiger partial charge in [-0.3, -0.25) is 19.3 Å². The SMILES string of the molecule is Cc1ccc([C@@]2(c3ccccc3)NC(=O)N(CC(=O)c3ccc(N4CCCC4=O)cc3)C2=O)cc1C. The lowest BCUT2D eigenvalue weighted by atomic mass is 9.81. The highest BCUT2D eigenvalue weighted by Gasteiger charge is 2.54. The first-order chi connectivity index (χ1) is 17.3. The van der Waals surface area contributed by atoms with E-state index in [9.17, 15) is 19.2 Å². The minimum absolute atomic E-state index is 0.0667. The maximum Gasteiger partial charge on any atom is 0.325 e. The fraction of sp³-hybridized carbons (Fsp3) is 0.241. The number of ketones is 1. The molecule has 3 aromatic rings. The van der Waals surface area contributed by atoms with E-state index >= 15 is 0 Å². The van der Waals surface area contributed by atoms with Crippen LogP contribution in [0.3, 0.4) is 0 Å². The Kier molecular flexibility index (Phi) is 5.92. The Bertz CT molecular complexity index is 1370. The number of amides is 4. The summed E-state index contributed by atoms with van der Waals surface area (Å²) in [5.41, 5.74) is 3.03. The van der Waals surface area contributed by atoms with Crippen LogP contribution in [0.4, 0.5) is 10.5 Å². The first kappa shape index (κ1) is 23.5. The van der Waals surface area contributed by atoms with Crippen molar-refractivity contribution in [3.8, 4) is 0 Å². The zero-order valence-corrected chi connectivity index (χ0v) is 20.3. The summed E-state index contributed by atoms with van der Waals surface area (Å²) in [6.45, 7) is 4.22. The van der Waals surface area contributed by atoms with Crippen LogP contribution in [0, 0.1) is 13.8 Å². The summed E-state index contributed by atoms with van der Waals surface area (Å²) < 4.78 is 0. The summed E-state index contributed by atoms with van der Waals surface area (Å²) in [5.74, 6) is -0.784. The van der Waals surface area contributed by atoms with Crippen LogP contribution in [0.2, 0.25) is 0 Å². The molecule has 2 heterocycles. The van der Waals surface area contributed by atoms with Gasteiger partial charge in [-0.05, 0) is 66.8 Å². The van der Waals surface area contributed by atoms with Crippen molar-refractivity contribution in [1.29, 1.82) is 0 Å². The highest BCUT2D eigenvalue weighted by Crippen LogP contribution is 2.37. The second kappa shape index (κ2) is 9.07. The fourth-order valence-electron chi connectivity index (χ4n) is 4.92. The lowest BCUT2D eigenvalue weighted by molar-refractivity contribution is -0.130. The molecule has 5 rings (SSSR count). The lowest BCUT2D eigenvalue weighted by Gasteiger charge is -2.28. The lowest BCUT2D eigenvalue weighted by Crippen LogP contribution is -2.45. The second-order valence-electron chi connectivity index (χ2n) is 9.36. The van der Waals surface area contributed by atoms with Crippen molar-refractivity contribution >= 4 is 29.3 Å². The van der Waals surface area contributed by atoms with Gasteiger partial charge in [0.25, 0.3) is 5.91 Å². The van der Waals surface area contributed by atoms with Crippen LogP contribution >= 0.6 is 0 Å². The van der Waals surface area contributed by atoms with E-state index in [0.29, 0.717) is 29.7 Å². The first-order valence-corrected chi connectivity index (χ1v) is 12.0. The number of carbonyl (C=O) groups excluding carboxylic acids is 4. The van der Waals surface area contributed by atoms with E-state index in [4.69, 9.17) is 0 Å². The molecule has 7 nitrogen and oxygen atoms in total. The molecule has 0 unspecified atom stereocenters. The molecule has 1 N–H and O–H groups in total. The Morgan fingerprint density at radius 1 is 0.889 bits per heavy atom. The zero-order chi connectivity index (χ0) is 25.4. The predicted octanol–water partition coefficient (Wildman–Crippen LogP) is 4.11. The molecule has 0 bridgehead atoms. The summed E-state index contributed by atoms with van der Waals surface area (Å²) in [6, 6.07) is 20.9. The van der Waals surface area contributed by atoms with Gasteiger partial charge in [0.15, 0.2) is 11.3 Å². The number of hydrogen-bond acceptors (Lipinski definition) is 4. The minimum atomic E-state index is -1.42. The van der Waals surface area contributed by atoms with Gasteiger partial charge in [-0.2, -0.15) is 0 Å². The zero-order valence-electron chi connectivity index (χ0n) is 20.3. The maximum atomic E-state index is 13.9. The van der Waals surface area contributed by atoms with Crippen LogP contribution in [0.25, 0.3) is 0 Å².